The van der Waals surface area contributed by atoms with Crippen LogP contribution in [0.4, 0.5) is 0 Å². The quantitative estimate of drug-likeness (QED) is 0.625. The van der Waals surface area contributed by atoms with Gasteiger partial charge in [-0.15, -0.1) is 0 Å². The summed E-state index contributed by atoms with van der Waals surface area (Å²) in [6.07, 6.45) is -0.446. The van der Waals surface area contributed by atoms with Gasteiger partial charge in [-0.3, -0.25) is 9.69 Å². The molecule has 1 fully saturated rings. The largest absolute Gasteiger partial charge is 0.390 e. The van der Waals surface area contributed by atoms with E-state index in [4.69, 9.17) is 0 Å². The van der Waals surface area contributed by atoms with Crippen LogP contribution in [0.2, 0.25) is 0 Å². The molecule has 0 unspecified atom stereocenters. The van der Waals surface area contributed by atoms with Crippen LogP contribution in [0.15, 0.2) is 0 Å². The fraction of sp³-hybridized carbons (Fsp3) is 0.900. The Morgan fingerprint density at radius 2 is 2.00 bits per heavy atom. The number of hydrogen-bond donors (Lipinski definition) is 2. The van der Waals surface area contributed by atoms with Crippen molar-refractivity contribution in [2.75, 3.05) is 13.1 Å². The Balaban J connectivity index is 2.56. The van der Waals surface area contributed by atoms with Crippen molar-refractivity contribution in [3.05, 3.63) is 0 Å². The molecule has 0 bridgehead atoms. The fourth-order valence-corrected chi connectivity index (χ4v) is 1.74. The van der Waals surface area contributed by atoms with Crippen molar-refractivity contribution < 1.29 is 9.90 Å². The zero-order valence-electron chi connectivity index (χ0n) is 9.37. The third-order valence-corrected chi connectivity index (χ3v) is 2.63. The number of β-amino-alcohol motifs (C(OH)–C–C–N with tert-alkyl or cyclic N) is 1. The molecule has 0 saturated carbocycles. The fourth-order valence-electron chi connectivity index (χ4n) is 1.74. The smallest absolute Gasteiger partial charge is 0.217 e. The first-order valence-electron chi connectivity index (χ1n) is 5.01. The van der Waals surface area contributed by atoms with Gasteiger partial charge in [-0.2, -0.15) is 0 Å². The van der Waals surface area contributed by atoms with E-state index in [1.54, 1.807) is 0 Å². The van der Waals surface area contributed by atoms with Crippen molar-refractivity contribution >= 4 is 5.91 Å². The third-order valence-electron chi connectivity index (χ3n) is 2.63. The van der Waals surface area contributed by atoms with Crippen molar-refractivity contribution in [1.29, 1.82) is 0 Å². The second-order valence-electron chi connectivity index (χ2n) is 4.95. The van der Waals surface area contributed by atoms with E-state index < -0.39 is 6.10 Å². The zero-order valence-corrected chi connectivity index (χ0v) is 9.37. The molecule has 2 N–H and O–H groups in total. The van der Waals surface area contributed by atoms with Crippen LogP contribution in [0, 0.1) is 0 Å². The summed E-state index contributed by atoms with van der Waals surface area (Å²) >= 11 is 0. The molecular formula is C10H20N2O2. The normalized spacial score (nSPS) is 29.2. The minimum Gasteiger partial charge on any atom is -0.390 e. The molecule has 82 valence electrons. The Morgan fingerprint density at radius 3 is 2.36 bits per heavy atom. The van der Waals surface area contributed by atoms with Gasteiger partial charge in [0.15, 0.2) is 0 Å². The highest BCUT2D eigenvalue weighted by Gasteiger charge is 2.36. The number of amides is 1. The molecule has 1 heterocycles. The Kier molecular flexibility index (Phi) is 3.17. The molecule has 0 aromatic rings. The summed E-state index contributed by atoms with van der Waals surface area (Å²) in [6.45, 7) is 9.16. The molecule has 0 spiro atoms. The molecule has 1 rings (SSSR count). The minimum atomic E-state index is -0.446. The summed E-state index contributed by atoms with van der Waals surface area (Å²) in [5.74, 6) is -0.0789. The van der Waals surface area contributed by atoms with Crippen molar-refractivity contribution in [2.24, 2.45) is 0 Å². The molecule has 4 nitrogen and oxygen atoms in total. The summed E-state index contributed by atoms with van der Waals surface area (Å²) in [4.78, 5) is 13.0. The van der Waals surface area contributed by atoms with E-state index >= 15 is 0 Å². The first-order valence-corrected chi connectivity index (χ1v) is 5.01. The lowest BCUT2D eigenvalue weighted by Gasteiger charge is -2.31. The van der Waals surface area contributed by atoms with Gasteiger partial charge < -0.3 is 10.4 Å². The number of rotatable bonds is 1. The highest BCUT2D eigenvalue weighted by molar-refractivity contribution is 5.73. The first-order chi connectivity index (χ1) is 6.30. The lowest BCUT2D eigenvalue weighted by atomic mass is 10.1. The second-order valence-corrected chi connectivity index (χ2v) is 4.95. The number of carbonyl (C=O) groups excluding carboxylic acids is 1. The Labute approximate surface area is 85.3 Å². The maximum Gasteiger partial charge on any atom is 0.217 e. The Bertz CT molecular complexity index is 223. The molecule has 14 heavy (non-hydrogen) atoms. The van der Waals surface area contributed by atoms with Gasteiger partial charge in [-0.25, -0.2) is 0 Å². The number of carbonyl (C=O) groups is 1. The van der Waals surface area contributed by atoms with Gasteiger partial charge in [0, 0.05) is 25.6 Å². The van der Waals surface area contributed by atoms with Crippen LogP contribution in [0.1, 0.15) is 27.7 Å². The maximum atomic E-state index is 10.9. The monoisotopic (exact) mass is 200 g/mol. The molecule has 0 aromatic carbocycles. The number of nitrogens with zero attached hydrogens (tertiary/aromatic N) is 1. The topological polar surface area (TPSA) is 52.6 Å². The molecular weight excluding hydrogens is 180 g/mol. The van der Waals surface area contributed by atoms with E-state index in [9.17, 15) is 9.90 Å². The molecule has 1 amide bonds. The Morgan fingerprint density at radius 1 is 1.43 bits per heavy atom. The highest BCUT2D eigenvalue weighted by atomic mass is 16.3. The van der Waals surface area contributed by atoms with E-state index in [1.807, 2.05) is 0 Å². The van der Waals surface area contributed by atoms with E-state index in [2.05, 4.69) is 31.0 Å². The SMILES string of the molecule is CC(=O)N[C@H]1CN(C(C)(C)C)C[C@@H]1O. The lowest BCUT2D eigenvalue weighted by molar-refractivity contribution is -0.120. The molecule has 1 saturated heterocycles. The first kappa shape index (κ1) is 11.5. The van der Waals surface area contributed by atoms with Crippen molar-refractivity contribution in [3.63, 3.8) is 0 Å². The van der Waals surface area contributed by atoms with Gasteiger partial charge in [-0.05, 0) is 20.8 Å². The summed E-state index contributed by atoms with van der Waals surface area (Å²) < 4.78 is 0. The van der Waals surface area contributed by atoms with Crippen molar-refractivity contribution in [3.8, 4) is 0 Å². The van der Waals surface area contributed by atoms with E-state index in [0.29, 0.717) is 6.54 Å². The van der Waals surface area contributed by atoms with Gasteiger partial charge in [-0.1, -0.05) is 0 Å². The third kappa shape index (κ3) is 2.69. The molecule has 2 atom stereocenters. The van der Waals surface area contributed by atoms with Gasteiger partial charge in [0.1, 0.15) is 0 Å². The molecule has 4 heteroatoms. The van der Waals surface area contributed by atoms with Crippen molar-refractivity contribution in [2.45, 2.75) is 45.4 Å². The van der Waals surface area contributed by atoms with Gasteiger partial charge in [0.05, 0.1) is 12.1 Å². The van der Waals surface area contributed by atoms with Gasteiger partial charge in [0.2, 0.25) is 5.91 Å². The van der Waals surface area contributed by atoms with Crippen LogP contribution < -0.4 is 5.32 Å². The zero-order chi connectivity index (χ0) is 10.9. The molecule has 1 aliphatic rings. The summed E-state index contributed by atoms with van der Waals surface area (Å²) in [5.41, 5.74) is 0.0498. The van der Waals surface area contributed by atoms with Crippen molar-refractivity contribution in [1.82, 2.24) is 10.2 Å². The number of aliphatic hydroxyl groups excluding tert-OH is 1. The molecule has 0 radical (unpaired) electrons. The maximum absolute atomic E-state index is 10.9. The average molecular weight is 200 g/mol. The van der Waals surface area contributed by atoms with Crippen LogP contribution in [-0.4, -0.2) is 46.7 Å². The van der Waals surface area contributed by atoms with Crippen LogP contribution in [0.5, 0.6) is 0 Å². The van der Waals surface area contributed by atoms with Crippen LogP contribution in [0.25, 0.3) is 0 Å². The van der Waals surface area contributed by atoms with Gasteiger partial charge in [0.25, 0.3) is 0 Å². The van der Waals surface area contributed by atoms with E-state index in [0.717, 1.165) is 6.54 Å². The number of likely N-dealkylation sites (tertiary alicyclic amines) is 1. The lowest BCUT2D eigenvalue weighted by Crippen LogP contribution is -2.43. The summed E-state index contributed by atoms with van der Waals surface area (Å²) in [7, 11) is 0. The summed E-state index contributed by atoms with van der Waals surface area (Å²) in [6, 6.07) is -0.119. The molecule has 0 aromatic heterocycles. The number of aliphatic hydroxyl groups is 1. The summed E-state index contributed by atoms with van der Waals surface area (Å²) in [5, 5.41) is 12.5. The van der Waals surface area contributed by atoms with E-state index in [1.165, 1.54) is 6.92 Å². The minimum absolute atomic E-state index is 0.0498. The number of hydrogen-bond acceptors (Lipinski definition) is 3. The van der Waals surface area contributed by atoms with Crippen LogP contribution >= 0.6 is 0 Å². The number of nitrogens with one attached hydrogen (secondary N) is 1. The second kappa shape index (κ2) is 3.87. The van der Waals surface area contributed by atoms with Gasteiger partial charge >= 0.3 is 0 Å². The highest BCUT2D eigenvalue weighted by Crippen LogP contribution is 2.20. The van der Waals surface area contributed by atoms with Crippen LogP contribution in [0.3, 0.4) is 0 Å². The Hall–Kier alpha value is -0.610. The predicted molar refractivity (Wildman–Crippen MR) is 54.9 cm³/mol. The van der Waals surface area contributed by atoms with Crippen LogP contribution in [-0.2, 0) is 4.79 Å². The van der Waals surface area contributed by atoms with E-state index in [-0.39, 0.29) is 17.5 Å². The predicted octanol–water partition coefficient (Wildman–Crippen LogP) is -0.0339. The molecule has 0 aliphatic carbocycles. The standard InChI is InChI=1S/C10H20N2O2/c1-7(13)11-8-5-12(6-9(8)14)10(2,3)4/h8-9,14H,5-6H2,1-4H3,(H,11,13)/t8-,9-/m0/s1. The molecule has 1 aliphatic heterocycles. The average Bonchev–Trinajstić information content (AvgIpc) is 2.30.